The first-order valence-corrected chi connectivity index (χ1v) is 13.9. The zero-order valence-electron chi connectivity index (χ0n) is 24.2. The number of thiocarbonyl (C=S) groups is 1. The van der Waals surface area contributed by atoms with E-state index < -0.39 is 0 Å². The van der Waals surface area contributed by atoms with Crippen molar-refractivity contribution in [3.63, 3.8) is 0 Å². The molecular weight excluding hydrogens is 550 g/mol. The molecule has 2 N–H and O–H groups in total. The average Bonchev–Trinajstić information content (AvgIpc) is 3.48. The molecule has 1 aliphatic heterocycles. The maximum atomic E-state index is 12.3. The summed E-state index contributed by atoms with van der Waals surface area (Å²) in [6, 6.07) is 20.8. The molecule has 1 aliphatic rings. The number of nitrogens with zero attached hydrogens (tertiary/aromatic N) is 3. The van der Waals surface area contributed by atoms with Crippen molar-refractivity contribution in [2.24, 2.45) is 0 Å². The third kappa shape index (κ3) is 5.50. The fourth-order valence-electron chi connectivity index (χ4n) is 5.58. The van der Waals surface area contributed by atoms with Gasteiger partial charge in [-0.1, -0.05) is 12.1 Å². The lowest BCUT2D eigenvalue weighted by Gasteiger charge is -2.29. The number of benzene rings is 2. The van der Waals surface area contributed by atoms with Gasteiger partial charge in [-0.3, -0.25) is 9.78 Å². The third-order valence-electron chi connectivity index (χ3n) is 7.45. The predicted molar refractivity (Wildman–Crippen MR) is 166 cm³/mol. The molecule has 2 aromatic heterocycles. The molecule has 3 heterocycles. The molecule has 9 nitrogen and oxygen atoms in total. The van der Waals surface area contributed by atoms with Crippen LogP contribution < -0.4 is 15.5 Å². The van der Waals surface area contributed by atoms with E-state index in [0.717, 1.165) is 39.6 Å². The molecule has 42 heavy (non-hydrogen) atoms. The van der Waals surface area contributed by atoms with Gasteiger partial charge in [0.15, 0.2) is 5.11 Å². The van der Waals surface area contributed by atoms with Crippen molar-refractivity contribution in [3.05, 3.63) is 107 Å². The Labute approximate surface area is 250 Å². The maximum absolute atomic E-state index is 12.3. The highest BCUT2D eigenvalue weighted by atomic mass is 32.1. The first kappa shape index (κ1) is 29.0. The van der Waals surface area contributed by atoms with Gasteiger partial charge in [-0.2, -0.15) is 0 Å². The standard InChI is InChI=1S/C32H33N5O4S/c1-19-15-24(12-13-26(19)34-28(38)18-40-4)37-30(29(35-32(37)42)27-11-6-7-14-33-27)25-16-20(2)36(21(25)3)23-10-8-9-22(17-23)31(39)41-5/h6-17,29-30H,18H2,1-5H3,(H,34,38)(H,35,42). The number of hydrogen-bond donors (Lipinski definition) is 2. The van der Waals surface area contributed by atoms with Crippen LogP contribution in [0, 0.1) is 20.8 Å². The highest BCUT2D eigenvalue weighted by Crippen LogP contribution is 2.44. The molecule has 0 saturated carbocycles. The molecule has 1 amide bonds. The van der Waals surface area contributed by atoms with Crippen molar-refractivity contribution in [3.8, 4) is 5.69 Å². The largest absolute Gasteiger partial charge is 0.465 e. The number of esters is 1. The molecule has 1 saturated heterocycles. The molecule has 0 aliphatic carbocycles. The maximum Gasteiger partial charge on any atom is 0.337 e. The summed E-state index contributed by atoms with van der Waals surface area (Å²) in [6.45, 7) is 6.04. The lowest BCUT2D eigenvalue weighted by Crippen LogP contribution is -2.29. The van der Waals surface area contributed by atoms with Gasteiger partial charge < -0.3 is 29.6 Å². The van der Waals surface area contributed by atoms with Crippen LogP contribution >= 0.6 is 12.2 Å². The molecule has 0 bridgehead atoms. The van der Waals surface area contributed by atoms with Crippen LogP contribution in [-0.4, -0.2) is 47.4 Å². The number of carbonyl (C=O) groups excluding carboxylic acids is 2. The van der Waals surface area contributed by atoms with E-state index in [4.69, 9.17) is 21.7 Å². The Bertz CT molecular complexity index is 1650. The molecule has 2 aromatic carbocycles. The molecule has 0 radical (unpaired) electrons. The molecule has 2 atom stereocenters. The van der Waals surface area contributed by atoms with Crippen molar-refractivity contribution in [2.45, 2.75) is 32.9 Å². The highest BCUT2D eigenvalue weighted by Gasteiger charge is 2.42. The Morgan fingerprint density at radius 1 is 1.00 bits per heavy atom. The number of hydrogen-bond acceptors (Lipinski definition) is 6. The third-order valence-corrected chi connectivity index (χ3v) is 7.76. The molecule has 2 unspecified atom stereocenters. The van der Waals surface area contributed by atoms with E-state index in [0.29, 0.717) is 16.4 Å². The second-order valence-corrected chi connectivity index (χ2v) is 10.6. The van der Waals surface area contributed by atoms with Gasteiger partial charge in [-0.05, 0) is 98.7 Å². The molecular formula is C32H33N5O4S. The van der Waals surface area contributed by atoms with Crippen molar-refractivity contribution in [2.75, 3.05) is 31.0 Å². The zero-order valence-corrected chi connectivity index (χ0v) is 25.0. The van der Waals surface area contributed by atoms with Crippen LogP contribution in [0.3, 0.4) is 0 Å². The minimum atomic E-state index is -0.386. The summed E-state index contributed by atoms with van der Waals surface area (Å²) in [5.41, 5.74) is 7.78. The number of aryl methyl sites for hydroxylation is 2. The van der Waals surface area contributed by atoms with Crippen LogP contribution in [0.25, 0.3) is 5.69 Å². The van der Waals surface area contributed by atoms with E-state index in [-0.39, 0.29) is 30.6 Å². The van der Waals surface area contributed by atoms with Gasteiger partial charge in [0.05, 0.1) is 30.5 Å². The first-order chi connectivity index (χ1) is 20.2. The number of amides is 1. The van der Waals surface area contributed by atoms with Crippen LogP contribution in [0.15, 0.2) is 72.9 Å². The molecule has 4 aromatic rings. The van der Waals surface area contributed by atoms with Crippen LogP contribution in [-0.2, 0) is 14.3 Å². The molecule has 0 spiro atoms. The van der Waals surface area contributed by atoms with Crippen molar-refractivity contribution in [1.29, 1.82) is 0 Å². The average molecular weight is 584 g/mol. The summed E-state index contributed by atoms with van der Waals surface area (Å²) >= 11 is 5.94. The Hall–Kier alpha value is -4.54. The number of pyridine rings is 1. The summed E-state index contributed by atoms with van der Waals surface area (Å²) in [6.07, 6.45) is 1.78. The lowest BCUT2D eigenvalue weighted by molar-refractivity contribution is -0.119. The van der Waals surface area contributed by atoms with Crippen LogP contribution in [0.4, 0.5) is 11.4 Å². The van der Waals surface area contributed by atoms with Crippen LogP contribution in [0.1, 0.15) is 50.7 Å². The summed E-state index contributed by atoms with van der Waals surface area (Å²) < 4.78 is 12.0. The first-order valence-electron chi connectivity index (χ1n) is 13.5. The van der Waals surface area contributed by atoms with Gasteiger partial charge in [-0.15, -0.1) is 0 Å². The van der Waals surface area contributed by atoms with Gasteiger partial charge in [0.2, 0.25) is 5.91 Å². The topological polar surface area (TPSA) is 97.7 Å². The number of carbonyl (C=O) groups is 2. The number of nitrogens with one attached hydrogen (secondary N) is 2. The fourth-order valence-corrected chi connectivity index (χ4v) is 5.92. The predicted octanol–water partition coefficient (Wildman–Crippen LogP) is 5.35. The van der Waals surface area contributed by atoms with Crippen LogP contribution in [0.5, 0.6) is 0 Å². The number of anilines is 2. The minimum Gasteiger partial charge on any atom is -0.465 e. The van der Waals surface area contributed by atoms with Gasteiger partial charge in [0, 0.05) is 41.8 Å². The SMILES string of the molecule is COCC(=O)Nc1ccc(N2C(=S)NC(c3ccccn3)C2c2cc(C)n(-c3cccc(C(=O)OC)c3)c2C)cc1C. The monoisotopic (exact) mass is 583 g/mol. The normalized spacial score (nSPS) is 16.3. The second kappa shape index (κ2) is 12.1. The Kier molecular flexibility index (Phi) is 8.37. The number of ether oxygens (including phenoxy) is 2. The van der Waals surface area contributed by atoms with E-state index in [1.54, 1.807) is 12.3 Å². The van der Waals surface area contributed by atoms with E-state index in [1.165, 1.54) is 14.2 Å². The molecule has 5 rings (SSSR count). The summed E-state index contributed by atoms with van der Waals surface area (Å²) in [5, 5.41) is 6.98. The van der Waals surface area contributed by atoms with Crippen molar-refractivity contribution in [1.82, 2.24) is 14.9 Å². The Morgan fingerprint density at radius 2 is 1.81 bits per heavy atom. The van der Waals surface area contributed by atoms with Gasteiger partial charge in [0.1, 0.15) is 6.61 Å². The summed E-state index contributed by atoms with van der Waals surface area (Å²) in [7, 11) is 2.87. The van der Waals surface area contributed by atoms with E-state index in [2.05, 4.69) is 38.1 Å². The quantitative estimate of drug-likeness (QED) is 0.212. The Balaban J connectivity index is 1.61. The smallest absolute Gasteiger partial charge is 0.337 e. The minimum absolute atomic E-state index is 0.0205. The highest BCUT2D eigenvalue weighted by molar-refractivity contribution is 7.80. The summed E-state index contributed by atoms with van der Waals surface area (Å²) in [5.74, 6) is -0.605. The number of aromatic nitrogens is 2. The van der Waals surface area contributed by atoms with E-state index in [9.17, 15) is 9.59 Å². The molecule has 216 valence electrons. The number of rotatable bonds is 8. The summed E-state index contributed by atoms with van der Waals surface area (Å²) in [4.78, 5) is 31.2. The second-order valence-electron chi connectivity index (χ2n) is 10.2. The molecule has 1 fully saturated rings. The van der Waals surface area contributed by atoms with Crippen molar-refractivity contribution >= 4 is 40.6 Å². The van der Waals surface area contributed by atoms with E-state index >= 15 is 0 Å². The number of methoxy groups -OCH3 is 2. The fraction of sp³-hybridized carbons (Fsp3) is 0.250. The van der Waals surface area contributed by atoms with Gasteiger partial charge in [0.25, 0.3) is 0 Å². The van der Waals surface area contributed by atoms with E-state index in [1.807, 2.05) is 68.4 Å². The van der Waals surface area contributed by atoms with Crippen LogP contribution in [0.2, 0.25) is 0 Å². The van der Waals surface area contributed by atoms with Gasteiger partial charge >= 0.3 is 5.97 Å². The van der Waals surface area contributed by atoms with Gasteiger partial charge in [-0.25, -0.2) is 4.79 Å². The molecule has 10 heteroatoms. The van der Waals surface area contributed by atoms with Crippen molar-refractivity contribution < 1.29 is 19.1 Å². The lowest BCUT2D eigenvalue weighted by atomic mass is 9.96. The zero-order chi connectivity index (χ0) is 30.0. The Morgan fingerprint density at radius 3 is 2.50 bits per heavy atom.